The Morgan fingerprint density at radius 1 is 1.13 bits per heavy atom. The first kappa shape index (κ1) is 20.9. The van der Waals surface area contributed by atoms with Crippen LogP contribution in [-0.2, 0) is 11.2 Å². The third-order valence-corrected chi connectivity index (χ3v) is 5.51. The largest absolute Gasteiger partial charge is 0.497 e. The molecule has 158 valence electrons. The molecule has 2 heterocycles. The van der Waals surface area contributed by atoms with Gasteiger partial charge in [-0.3, -0.25) is 4.79 Å². The second kappa shape index (κ2) is 8.78. The summed E-state index contributed by atoms with van der Waals surface area (Å²) in [6.45, 7) is 3.98. The maximum Gasteiger partial charge on any atom is 0.224 e. The molecule has 0 aliphatic heterocycles. The van der Waals surface area contributed by atoms with Gasteiger partial charge in [-0.2, -0.15) is 5.10 Å². The van der Waals surface area contributed by atoms with Gasteiger partial charge in [-0.05, 0) is 50.1 Å². The fourth-order valence-corrected chi connectivity index (χ4v) is 3.74. The van der Waals surface area contributed by atoms with Crippen LogP contribution in [0, 0.1) is 13.8 Å². The predicted molar refractivity (Wildman–Crippen MR) is 123 cm³/mol. The van der Waals surface area contributed by atoms with Crippen molar-refractivity contribution in [1.82, 2.24) is 14.6 Å². The van der Waals surface area contributed by atoms with Crippen LogP contribution in [0.3, 0.4) is 0 Å². The number of halogens is 1. The van der Waals surface area contributed by atoms with Crippen LogP contribution in [-0.4, -0.2) is 27.6 Å². The van der Waals surface area contributed by atoms with Gasteiger partial charge in [0.2, 0.25) is 5.91 Å². The zero-order valence-electron chi connectivity index (χ0n) is 17.6. The van der Waals surface area contributed by atoms with Crippen LogP contribution in [0.2, 0.25) is 5.02 Å². The molecule has 0 spiro atoms. The third kappa shape index (κ3) is 4.54. The lowest BCUT2D eigenvalue weighted by Gasteiger charge is -2.11. The van der Waals surface area contributed by atoms with E-state index in [-0.39, 0.29) is 5.91 Å². The maximum absolute atomic E-state index is 12.5. The van der Waals surface area contributed by atoms with Crippen molar-refractivity contribution in [3.63, 3.8) is 0 Å². The summed E-state index contributed by atoms with van der Waals surface area (Å²) in [7, 11) is 1.60. The molecule has 0 saturated carbocycles. The summed E-state index contributed by atoms with van der Waals surface area (Å²) in [5.74, 6) is 0.642. The number of nitrogens with one attached hydrogen (secondary N) is 1. The highest BCUT2D eigenvalue weighted by molar-refractivity contribution is 6.30. The van der Waals surface area contributed by atoms with Gasteiger partial charge in [0.1, 0.15) is 5.75 Å². The average Bonchev–Trinajstić information content (AvgIpc) is 3.18. The first-order valence-electron chi connectivity index (χ1n) is 10.0. The molecule has 0 radical (unpaired) electrons. The van der Waals surface area contributed by atoms with Crippen LogP contribution >= 0.6 is 11.6 Å². The summed E-state index contributed by atoms with van der Waals surface area (Å²) in [4.78, 5) is 17.2. The number of carbonyl (C=O) groups is 1. The number of carbonyl (C=O) groups excluding carboxylic acids is 1. The molecule has 0 unspecified atom stereocenters. The molecule has 1 amide bonds. The van der Waals surface area contributed by atoms with Crippen LogP contribution in [0.25, 0.3) is 16.9 Å². The van der Waals surface area contributed by atoms with E-state index in [0.717, 1.165) is 33.9 Å². The van der Waals surface area contributed by atoms with Crippen LogP contribution in [0.1, 0.15) is 23.4 Å². The molecule has 0 bridgehead atoms. The lowest BCUT2D eigenvalue weighted by molar-refractivity contribution is -0.116. The zero-order valence-corrected chi connectivity index (χ0v) is 18.4. The maximum atomic E-state index is 12.5. The number of hydrogen-bond donors (Lipinski definition) is 1. The first-order chi connectivity index (χ1) is 14.9. The van der Waals surface area contributed by atoms with E-state index in [9.17, 15) is 4.79 Å². The highest BCUT2D eigenvalue weighted by Gasteiger charge is 2.14. The lowest BCUT2D eigenvalue weighted by Crippen LogP contribution is -2.14. The molecule has 2 aromatic carbocycles. The molecule has 0 aliphatic carbocycles. The molecule has 4 aromatic rings. The van der Waals surface area contributed by atoms with E-state index >= 15 is 0 Å². The summed E-state index contributed by atoms with van der Waals surface area (Å²) >= 11 is 5.99. The summed E-state index contributed by atoms with van der Waals surface area (Å²) < 4.78 is 7.04. The Balaban J connectivity index is 1.53. The number of hydrogen-bond acceptors (Lipinski definition) is 4. The molecule has 6 nitrogen and oxygen atoms in total. The number of rotatable bonds is 6. The number of amides is 1. The van der Waals surface area contributed by atoms with Gasteiger partial charge in [-0.1, -0.05) is 29.8 Å². The Kier molecular flexibility index (Phi) is 5.91. The Labute approximate surface area is 185 Å². The second-order valence-electron chi connectivity index (χ2n) is 7.35. The highest BCUT2D eigenvalue weighted by atomic mass is 35.5. The number of fused-ring (bicyclic) bond motifs is 1. The van der Waals surface area contributed by atoms with E-state index in [1.807, 2.05) is 66.9 Å². The Hall–Kier alpha value is -3.38. The predicted octanol–water partition coefficient (Wildman–Crippen LogP) is 5.25. The fraction of sp³-hybridized carbons (Fsp3) is 0.208. The molecule has 2 aromatic heterocycles. The average molecular weight is 435 g/mol. The van der Waals surface area contributed by atoms with E-state index in [2.05, 4.69) is 5.32 Å². The number of nitrogens with zero attached hydrogens (tertiary/aromatic N) is 3. The fourth-order valence-electron chi connectivity index (χ4n) is 3.61. The van der Waals surface area contributed by atoms with Gasteiger partial charge < -0.3 is 10.1 Å². The van der Waals surface area contributed by atoms with Crippen molar-refractivity contribution < 1.29 is 9.53 Å². The lowest BCUT2D eigenvalue weighted by atomic mass is 10.1. The molecule has 1 N–H and O–H groups in total. The van der Waals surface area contributed by atoms with Crippen LogP contribution in [0.15, 0.2) is 54.6 Å². The van der Waals surface area contributed by atoms with Crippen molar-refractivity contribution in [1.29, 1.82) is 0 Å². The van der Waals surface area contributed by atoms with Gasteiger partial charge in [0.15, 0.2) is 5.65 Å². The molecule has 31 heavy (non-hydrogen) atoms. The monoisotopic (exact) mass is 434 g/mol. The van der Waals surface area contributed by atoms with Gasteiger partial charge in [0, 0.05) is 46.2 Å². The van der Waals surface area contributed by atoms with Gasteiger partial charge >= 0.3 is 0 Å². The van der Waals surface area contributed by atoms with Crippen LogP contribution < -0.4 is 10.1 Å². The van der Waals surface area contributed by atoms with Crippen LogP contribution in [0.4, 0.5) is 5.69 Å². The molecule has 4 rings (SSSR count). The number of anilines is 1. The van der Waals surface area contributed by atoms with Gasteiger partial charge in [0.05, 0.1) is 12.8 Å². The molecule has 0 saturated heterocycles. The minimum atomic E-state index is -0.0607. The van der Waals surface area contributed by atoms with E-state index in [0.29, 0.717) is 29.3 Å². The number of methoxy groups -OCH3 is 1. The van der Waals surface area contributed by atoms with E-state index in [1.165, 1.54) is 0 Å². The molecular formula is C24H23ClN4O2. The minimum Gasteiger partial charge on any atom is -0.497 e. The van der Waals surface area contributed by atoms with Crippen LogP contribution in [0.5, 0.6) is 5.75 Å². The van der Waals surface area contributed by atoms with E-state index in [4.69, 9.17) is 26.4 Å². The smallest absolute Gasteiger partial charge is 0.224 e. The molecule has 7 heteroatoms. The van der Waals surface area contributed by atoms with Gasteiger partial charge in [0.25, 0.3) is 0 Å². The summed E-state index contributed by atoms with van der Waals surface area (Å²) in [5.41, 5.74) is 6.22. The number of aryl methyl sites for hydroxylation is 2. The molecule has 0 fully saturated rings. The van der Waals surface area contributed by atoms with Crippen molar-refractivity contribution in [3.05, 3.63) is 76.6 Å². The third-order valence-electron chi connectivity index (χ3n) is 5.26. The topological polar surface area (TPSA) is 68.5 Å². The van der Waals surface area contributed by atoms with Crippen molar-refractivity contribution in [2.24, 2.45) is 0 Å². The van der Waals surface area contributed by atoms with Crippen molar-refractivity contribution in [2.45, 2.75) is 26.7 Å². The van der Waals surface area contributed by atoms with Crippen molar-refractivity contribution in [2.75, 3.05) is 12.4 Å². The number of ether oxygens (including phenoxy) is 1. The normalized spacial score (nSPS) is 11.0. The standard InChI is InChI=1S/C24H23ClN4O2/c1-15-21(11-12-24(30)27-19-5-4-6-20(13-19)31-3)16(2)29-23(26-15)14-22(28-29)17-7-9-18(25)10-8-17/h4-10,13-14H,11-12H2,1-3H3,(H,27,30). The highest BCUT2D eigenvalue weighted by Crippen LogP contribution is 2.24. The second-order valence-corrected chi connectivity index (χ2v) is 7.78. The Morgan fingerprint density at radius 3 is 2.65 bits per heavy atom. The minimum absolute atomic E-state index is 0.0607. The number of benzene rings is 2. The first-order valence-corrected chi connectivity index (χ1v) is 10.4. The van der Waals surface area contributed by atoms with Crippen molar-refractivity contribution in [3.8, 4) is 17.0 Å². The summed E-state index contributed by atoms with van der Waals surface area (Å²) in [6.07, 6.45) is 0.921. The summed E-state index contributed by atoms with van der Waals surface area (Å²) in [6, 6.07) is 16.9. The van der Waals surface area contributed by atoms with Gasteiger partial charge in [-0.15, -0.1) is 0 Å². The number of aromatic nitrogens is 3. The van der Waals surface area contributed by atoms with Gasteiger partial charge in [-0.25, -0.2) is 9.50 Å². The van der Waals surface area contributed by atoms with E-state index in [1.54, 1.807) is 13.2 Å². The Morgan fingerprint density at radius 2 is 1.90 bits per heavy atom. The molecule has 0 atom stereocenters. The molecular weight excluding hydrogens is 412 g/mol. The Bertz CT molecular complexity index is 1250. The zero-order chi connectivity index (χ0) is 22.0. The SMILES string of the molecule is COc1cccc(NC(=O)CCc2c(C)nc3cc(-c4ccc(Cl)cc4)nn3c2C)c1. The summed E-state index contributed by atoms with van der Waals surface area (Å²) in [5, 5.41) is 8.33. The van der Waals surface area contributed by atoms with Crippen molar-refractivity contribution >= 4 is 28.8 Å². The molecule has 0 aliphatic rings. The van der Waals surface area contributed by atoms with E-state index < -0.39 is 0 Å². The quantitative estimate of drug-likeness (QED) is 0.450.